The van der Waals surface area contributed by atoms with E-state index in [0.29, 0.717) is 17.0 Å². The maximum Gasteiger partial charge on any atom is 0.416 e. The summed E-state index contributed by atoms with van der Waals surface area (Å²) in [7, 11) is 0. The van der Waals surface area contributed by atoms with Gasteiger partial charge in [0, 0.05) is 5.92 Å². The minimum Gasteiger partial charge on any atom is -0.374 e. The molecule has 20 heavy (non-hydrogen) atoms. The van der Waals surface area contributed by atoms with Crippen LogP contribution in [0, 0.1) is 12.8 Å². The van der Waals surface area contributed by atoms with Crippen molar-refractivity contribution in [3.63, 3.8) is 0 Å². The molecule has 1 aromatic rings. The Bertz CT molecular complexity index is 481. The predicted octanol–water partition coefficient (Wildman–Crippen LogP) is 4.93. The Hall–Kier alpha value is -1.03. The average molecular weight is 286 g/mol. The van der Waals surface area contributed by atoms with Gasteiger partial charge < -0.3 is 4.74 Å². The SMILES string of the molecule is Cc1cc([C@@H](C)[C@H]2O[C@@H](C)C[C@H]2C)cc(C(F)(F)F)c1. The maximum absolute atomic E-state index is 12.9. The van der Waals surface area contributed by atoms with Crippen LogP contribution >= 0.6 is 0 Å². The summed E-state index contributed by atoms with van der Waals surface area (Å²) in [6.07, 6.45) is -3.15. The number of ether oxygens (including phenoxy) is 1. The summed E-state index contributed by atoms with van der Waals surface area (Å²) in [5, 5.41) is 0. The van der Waals surface area contributed by atoms with Gasteiger partial charge in [0.25, 0.3) is 0 Å². The Morgan fingerprint density at radius 1 is 1.20 bits per heavy atom. The molecule has 0 radical (unpaired) electrons. The lowest BCUT2D eigenvalue weighted by molar-refractivity contribution is -0.137. The highest BCUT2D eigenvalue weighted by Crippen LogP contribution is 2.38. The third-order valence-electron chi connectivity index (χ3n) is 4.10. The van der Waals surface area contributed by atoms with E-state index in [2.05, 4.69) is 6.92 Å². The zero-order chi connectivity index (χ0) is 15.1. The van der Waals surface area contributed by atoms with E-state index in [-0.39, 0.29) is 18.1 Å². The smallest absolute Gasteiger partial charge is 0.374 e. The van der Waals surface area contributed by atoms with E-state index in [1.807, 2.05) is 19.9 Å². The minimum absolute atomic E-state index is 0.00659. The summed E-state index contributed by atoms with van der Waals surface area (Å²) in [5.41, 5.74) is 0.779. The first kappa shape index (κ1) is 15.4. The molecule has 112 valence electrons. The molecule has 1 aliphatic heterocycles. The number of rotatable bonds is 2. The van der Waals surface area contributed by atoms with Gasteiger partial charge in [-0.15, -0.1) is 0 Å². The molecule has 0 saturated carbocycles. The number of alkyl halides is 3. The summed E-state index contributed by atoms with van der Waals surface area (Å²) < 4.78 is 44.6. The third-order valence-corrected chi connectivity index (χ3v) is 4.10. The van der Waals surface area contributed by atoms with Crippen LogP contribution in [0.15, 0.2) is 18.2 Å². The van der Waals surface area contributed by atoms with Crippen LogP contribution in [0.25, 0.3) is 0 Å². The maximum atomic E-state index is 12.9. The molecular formula is C16H21F3O. The molecule has 0 aliphatic carbocycles. The lowest BCUT2D eigenvalue weighted by Crippen LogP contribution is -2.22. The van der Waals surface area contributed by atoms with Crippen LogP contribution in [0.5, 0.6) is 0 Å². The van der Waals surface area contributed by atoms with Crippen molar-refractivity contribution < 1.29 is 17.9 Å². The summed E-state index contributed by atoms with van der Waals surface area (Å²) in [4.78, 5) is 0. The van der Waals surface area contributed by atoms with Crippen LogP contribution in [0.4, 0.5) is 13.2 Å². The number of hydrogen-bond donors (Lipinski definition) is 0. The zero-order valence-corrected chi connectivity index (χ0v) is 12.3. The average Bonchev–Trinajstić information content (AvgIpc) is 2.65. The molecule has 0 bridgehead atoms. The van der Waals surface area contributed by atoms with E-state index in [4.69, 9.17) is 4.74 Å². The molecule has 0 amide bonds. The van der Waals surface area contributed by atoms with E-state index >= 15 is 0 Å². The second kappa shape index (κ2) is 5.40. The molecule has 0 spiro atoms. The quantitative estimate of drug-likeness (QED) is 0.749. The van der Waals surface area contributed by atoms with Gasteiger partial charge in [-0.1, -0.05) is 25.5 Å². The topological polar surface area (TPSA) is 9.23 Å². The predicted molar refractivity (Wildman–Crippen MR) is 72.7 cm³/mol. The molecule has 4 atom stereocenters. The molecule has 1 fully saturated rings. The highest BCUT2D eigenvalue weighted by molar-refractivity contribution is 5.33. The summed E-state index contributed by atoms with van der Waals surface area (Å²) in [6.45, 7) is 7.77. The summed E-state index contributed by atoms with van der Waals surface area (Å²) in [6, 6.07) is 4.29. The fourth-order valence-corrected chi connectivity index (χ4v) is 3.16. The molecule has 4 heteroatoms. The van der Waals surface area contributed by atoms with Crippen LogP contribution in [-0.4, -0.2) is 12.2 Å². The fraction of sp³-hybridized carbons (Fsp3) is 0.625. The Kier molecular flexibility index (Phi) is 4.14. The van der Waals surface area contributed by atoms with Crippen molar-refractivity contribution in [1.29, 1.82) is 0 Å². The standard InChI is InChI=1S/C16H21F3O/c1-9-5-13(8-14(6-9)16(17,18)19)12(4)15-10(2)7-11(3)20-15/h5-6,8,10-12,15H,7H2,1-4H3/t10-,11+,12-,15+/m1/s1. The van der Waals surface area contributed by atoms with Crippen molar-refractivity contribution in [3.8, 4) is 0 Å². The van der Waals surface area contributed by atoms with Gasteiger partial charge in [0.2, 0.25) is 0 Å². The molecule has 1 aromatic carbocycles. The van der Waals surface area contributed by atoms with Gasteiger partial charge >= 0.3 is 6.18 Å². The van der Waals surface area contributed by atoms with E-state index in [0.717, 1.165) is 6.42 Å². The lowest BCUT2D eigenvalue weighted by Gasteiger charge is -2.24. The Balaban J connectivity index is 2.30. The van der Waals surface area contributed by atoms with Crippen LogP contribution in [0.1, 0.15) is 49.8 Å². The van der Waals surface area contributed by atoms with Gasteiger partial charge in [0.1, 0.15) is 0 Å². The summed E-state index contributed by atoms with van der Waals surface area (Å²) in [5.74, 6) is 0.339. The lowest BCUT2D eigenvalue weighted by atomic mass is 9.86. The number of aryl methyl sites for hydroxylation is 1. The van der Waals surface area contributed by atoms with E-state index in [9.17, 15) is 13.2 Å². The number of halogens is 3. The van der Waals surface area contributed by atoms with E-state index < -0.39 is 11.7 Å². The second-order valence-corrected chi connectivity index (χ2v) is 6.04. The molecule has 1 saturated heterocycles. The zero-order valence-electron chi connectivity index (χ0n) is 12.3. The first-order valence-electron chi connectivity index (χ1n) is 7.02. The first-order chi connectivity index (χ1) is 9.18. The highest BCUT2D eigenvalue weighted by Gasteiger charge is 2.36. The van der Waals surface area contributed by atoms with Crippen molar-refractivity contribution in [3.05, 3.63) is 34.9 Å². The van der Waals surface area contributed by atoms with Crippen molar-refractivity contribution in [2.24, 2.45) is 5.92 Å². The van der Waals surface area contributed by atoms with E-state index in [1.54, 1.807) is 6.92 Å². The van der Waals surface area contributed by atoms with Crippen molar-refractivity contribution in [2.45, 2.75) is 58.4 Å². The van der Waals surface area contributed by atoms with Crippen molar-refractivity contribution >= 4 is 0 Å². The minimum atomic E-state index is -4.30. The van der Waals surface area contributed by atoms with Crippen molar-refractivity contribution in [2.75, 3.05) is 0 Å². The van der Waals surface area contributed by atoms with Crippen LogP contribution in [0.2, 0.25) is 0 Å². The highest BCUT2D eigenvalue weighted by atomic mass is 19.4. The molecule has 0 N–H and O–H groups in total. The van der Waals surface area contributed by atoms with Gasteiger partial charge in [0.15, 0.2) is 0 Å². The largest absolute Gasteiger partial charge is 0.416 e. The van der Waals surface area contributed by atoms with Crippen molar-refractivity contribution in [1.82, 2.24) is 0 Å². The Morgan fingerprint density at radius 3 is 2.35 bits per heavy atom. The van der Waals surface area contributed by atoms with Crippen LogP contribution in [0.3, 0.4) is 0 Å². The van der Waals surface area contributed by atoms with Crippen LogP contribution in [-0.2, 0) is 10.9 Å². The first-order valence-corrected chi connectivity index (χ1v) is 7.02. The number of benzene rings is 1. The molecule has 1 heterocycles. The molecule has 1 aliphatic rings. The fourth-order valence-electron chi connectivity index (χ4n) is 3.16. The van der Waals surface area contributed by atoms with Gasteiger partial charge in [-0.2, -0.15) is 13.2 Å². The monoisotopic (exact) mass is 286 g/mol. The van der Waals surface area contributed by atoms with Gasteiger partial charge in [0.05, 0.1) is 17.8 Å². The Labute approximate surface area is 118 Å². The van der Waals surface area contributed by atoms with Gasteiger partial charge in [-0.25, -0.2) is 0 Å². The third kappa shape index (κ3) is 3.17. The second-order valence-electron chi connectivity index (χ2n) is 6.04. The van der Waals surface area contributed by atoms with E-state index in [1.165, 1.54) is 12.1 Å². The molecular weight excluding hydrogens is 265 g/mol. The number of hydrogen-bond acceptors (Lipinski definition) is 1. The Morgan fingerprint density at radius 2 is 1.85 bits per heavy atom. The van der Waals surface area contributed by atoms with Gasteiger partial charge in [-0.05, 0) is 43.9 Å². The van der Waals surface area contributed by atoms with Crippen LogP contribution < -0.4 is 0 Å². The van der Waals surface area contributed by atoms with Gasteiger partial charge in [-0.3, -0.25) is 0 Å². The summed E-state index contributed by atoms with van der Waals surface area (Å²) >= 11 is 0. The molecule has 0 aromatic heterocycles. The normalized spacial score (nSPS) is 28.6. The molecule has 2 rings (SSSR count). The molecule has 0 unspecified atom stereocenters. The molecule has 1 nitrogen and oxygen atoms in total.